The minimum absolute atomic E-state index is 0.0423. The lowest BCUT2D eigenvalue weighted by atomic mass is 9.63. The zero-order chi connectivity index (χ0) is 16.7. The van der Waals surface area contributed by atoms with Crippen LogP contribution in [0.25, 0.3) is 0 Å². The highest BCUT2D eigenvalue weighted by Crippen LogP contribution is 2.52. The normalized spacial score (nSPS) is 30.1. The van der Waals surface area contributed by atoms with E-state index in [9.17, 15) is 9.59 Å². The molecule has 122 valence electrons. The molecule has 0 radical (unpaired) electrons. The van der Waals surface area contributed by atoms with Gasteiger partial charge in [0.1, 0.15) is 11.5 Å². The first-order chi connectivity index (χ1) is 10.9. The summed E-state index contributed by atoms with van der Waals surface area (Å²) < 4.78 is 5.79. The molecule has 3 rings (SSSR count). The Hall–Kier alpha value is -1.61. The van der Waals surface area contributed by atoms with E-state index in [0.29, 0.717) is 11.4 Å². The number of cyclic esters (lactones) is 1. The third-order valence-corrected chi connectivity index (χ3v) is 5.24. The van der Waals surface area contributed by atoms with Crippen molar-refractivity contribution in [1.29, 1.82) is 0 Å². The van der Waals surface area contributed by atoms with Gasteiger partial charge in [-0.3, -0.25) is 9.59 Å². The molecule has 4 heteroatoms. The van der Waals surface area contributed by atoms with Gasteiger partial charge in [0.25, 0.3) is 0 Å². The van der Waals surface area contributed by atoms with Crippen molar-refractivity contribution >= 4 is 23.4 Å². The topological polar surface area (TPSA) is 43.4 Å². The lowest BCUT2D eigenvalue weighted by Gasteiger charge is -2.45. The van der Waals surface area contributed by atoms with Crippen LogP contribution in [-0.4, -0.2) is 11.8 Å². The van der Waals surface area contributed by atoms with Crippen molar-refractivity contribution in [3.63, 3.8) is 0 Å². The van der Waals surface area contributed by atoms with Gasteiger partial charge in [0.05, 0.1) is 5.41 Å². The van der Waals surface area contributed by atoms with E-state index in [4.69, 9.17) is 16.3 Å². The van der Waals surface area contributed by atoms with E-state index in [0.717, 1.165) is 24.8 Å². The Labute approximate surface area is 141 Å². The number of benzene rings is 1. The summed E-state index contributed by atoms with van der Waals surface area (Å²) in [4.78, 5) is 25.7. The molecule has 3 nitrogen and oxygen atoms in total. The molecule has 1 aliphatic carbocycles. The highest BCUT2D eigenvalue weighted by molar-refractivity contribution is 6.30. The summed E-state index contributed by atoms with van der Waals surface area (Å²) in [5, 5.41) is 0.619. The maximum Gasteiger partial charge on any atom is 0.319 e. The van der Waals surface area contributed by atoms with Gasteiger partial charge < -0.3 is 4.74 Å². The quantitative estimate of drug-likeness (QED) is 0.427. The second-order valence-electron chi connectivity index (χ2n) is 6.98. The first-order valence-corrected chi connectivity index (χ1v) is 8.45. The summed E-state index contributed by atoms with van der Waals surface area (Å²) in [6.45, 7) is 3.33. The van der Waals surface area contributed by atoms with E-state index >= 15 is 0 Å². The van der Waals surface area contributed by atoms with Crippen molar-refractivity contribution in [2.75, 3.05) is 0 Å². The number of rotatable bonds is 1. The second kappa shape index (κ2) is 5.79. The summed E-state index contributed by atoms with van der Waals surface area (Å²) in [6, 6.07) is 7.21. The molecule has 0 N–H and O–H groups in total. The lowest BCUT2D eigenvalue weighted by molar-refractivity contribution is -0.185. The number of ether oxygens (including phenoxy) is 1. The summed E-state index contributed by atoms with van der Waals surface area (Å²) in [7, 11) is 0. The van der Waals surface area contributed by atoms with Crippen LogP contribution in [0.3, 0.4) is 0 Å². The Morgan fingerprint density at radius 1 is 1.13 bits per heavy atom. The van der Waals surface area contributed by atoms with E-state index in [-0.39, 0.29) is 5.78 Å². The Morgan fingerprint density at radius 2 is 1.83 bits per heavy atom. The van der Waals surface area contributed by atoms with Gasteiger partial charge in [0.15, 0.2) is 5.78 Å². The van der Waals surface area contributed by atoms with Crippen LogP contribution < -0.4 is 0 Å². The molecular formula is C19H21ClO3. The second-order valence-corrected chi connectivity index (χ2v) is 7.42. The fraction of sp³-hybridized carbons (Fsp3) is 0.474. The maximum atomic E-state index is 13.3. The monoisotopic (exact) mass is 332 g/mol. The number of carbonyl (C=O) groups is 2. The van der Waals surface area contributed by atoms with Crippen molar-refractivity contribution in [3.8, 4) is 0 Å². The SMILES string of the molecule is CC1(C)C(=O)OC(c2ccc(Cl)cc2)C2(C=CCCCC2)C1=O. The minimum atomic E-state index is -1.11. The van der Waals surface area contributed by atoms with Gasteiger partial charge >= 0.3 is 5.97 Å². The number of hydrogen-bond donors (Lipinski definition) is 0. The van der Waals surface area contributed by atoms with Crippen LogP contribution in [-0.2, 0) is 14.3 Å². The van der Waals surface area contributed by atoms with Gasteiger partial charge in [-0.05, 0) is 50.8 Å². The molecule has 1 spiro atoms. The predicted molar refractivity (Wildman–Crippen MR) is 89.1 cm³/mol. The summed E-state index contributed by atoms with van der Waals surface area (Å²) in [5.74, 6) is -0.495. The van der Waals surface area contributed by atoms with Crippen LogP contribution in [0.4, 0.5) is 0 Å². The van der Waals surface area contributed by atoms with Crippen LogP contribution in [0.5, 0.6) is 0 Å². The number of esters is 1. The Morgan fingerprint density at radius 3 is 2.52 bits per heavy atom. The van der Waals surface area contributed by atoms with Crippen molar-refractivity contribution in [1.82, 2.24) is 0 Å². The first-order valence-electron chi connectivity index (χ1n) is 8.07. The maximum absolute atomic E-state index is 13.3. The third-order valence-electron chi connectivity index (χ3n) is 4.99. The molecule has 2 unspecified atom stereocenters. The van der Waals surface area contributed by atoms with Gasteiger partial charge in [-0.2, -0.15) is 0 Å². The summed E-state index contributed by atoms with van der Waals surface area (Å²) >= 11 is 5.97. The van der Waals surface area contributed by atoms with E-state index in [1.165, 1.54) is 0 Å². The molecular weight excluding hydrogens is 312 g/mol. The molecule has 0 amide bonds. The van der Waals surface area contributed by atoms with E-state index < -0.39 is 22.9 Å². The first kappa shape index (κ1) is 16.3. The van der Waals surface area contributed by atoms with Gasteiger partial charge in [-0.1, -0.05) is 42.3 Å². The van der Waals surface area contributed by atoms with Crippen molar-refractivity contribution in [3.05, 3.63) is 47.0 Å². The fourth-order valence-electron chi connectivity index (χ4n) is 3.62. The third kappa shape index (κ3) is 2.61. The molecule has 0 aromatic heterocycles. The summed E-state index contributed by atoms with van der Waals surface area (Å²) in [6.07, 6.45) is 7.10. The Kier molecular flexibility index (Phi) is 4.09. The van der Waals surface area contributed by atoms with Crippen LogP contribution in [0.1, 0.15) is 51.2 Å². The average Bonchev–Trinajstić information content (AvgIpc) is 2.78. The largest absolute Gasteiger partial charge is 0.455 e. The average molecular weight is 333 g/mol. The van der Waals surface area contributed by atoms with Crippen molar-refractivity contribution < 1.29 is 14.3 Å². The molecule has 23 heavy (non-hydrogen) atoms. The van der Waals surface area contributed by atoms with Gasteiger partial charge in [-0.25, -0.2) is 0 Å². The standard InChI is InChI=1S/C19H21ClO3/c1-18(2)16(21)19(11-5-3-4-6-12-19)15(23-17(18)22)13-7-9-14(20)10-8-13/h5,7-11,15H,3-4,6,12H2,1-2H3. The number of halogens is 1. The van der Waals surface area contributed by atoms with E-state index in [1.807, 2.05) is 18.2 Å². The predicted octanol–water partition coefficient (Wildman–Crippen LogP) is 4.65. The number of allylic oxidation sites excluding steroid dienone is 1. The van der Waals surface area contributed by atoms with Crippen LogP contribution in [0.15, 0.2) is 36.4 Å². The van der Waals surface area contributed by atoms with Crippen LogP contribution >= 0.6 is 11.6 Å². The minimum Gasteiger partial charge on any atom is -0.455 e. The van der Waals surface area contributed by atoms with Crippen LogP contribution in [0, 0.1) is 10.8 Å². The molecule has 2 aliphatic rings. The Balaban J connectivity index is 2.13. The molecule has 1 fully saturated rings. The van der Waals surface area contributed by atoms with Crippen LogP contribution in [0.2, 0.25) is 5.02 Å². The lowest BCUT2D eigenvalue weighted by Crippen LogP contribution is -2.54. The smallest absolute Gasteiger partial charge is 0.319 e. The number of hydrogen-bond acceptors (Lipinski definition) is 3. The molecule has 1 heterocycles. The highest BCUT2D eigenvalue weighted by Gasteiger charge is 2.59. The molecule has 2 atom stereocenters. The van der Waals surface area contributed by atoms with Crippen molar-refractivity contribution in [2.45, 2.75) is 45.6 Å². The summed E-state index contributed by atoms with van der Waals surface area (Å²) in [5.41, 5.74) is -1.07. The number of Topliss-reactive ketones (excluding diaryl/α,β-unsaturated/α-hetero) is 1. The van der Waals surface area contributed by atoms with E-state index in [1.54, 1.807) is 26.0 Å². The zero-order valence-corrected chi connectivity index (χ0v) is 14.2. The van der Waals surface area contributed by atoms with Gasteiger partial charge in [-0.15, -0.1) is 0 Å². The molecule has 0 saturated carbocycles. The molecule has 1 aliphatic heterocycles. The highest BCUT2D eigenvalue weighted by atomic mass is 35.5. The fourth-order valence-corrected chi connectivity index (χ4v) is 3.75. The van der Waals surface area contributed by atoms with E-state index in [2.05, 4.69) is 6.08 Å². The zero-order valence-electron chi connectivity index (χ0n) is 13.5. The number of ketones is 1. The van der Waals surface area contributed by atoms with Gasteiger partial charge in [0.2, 0.25) is 0 Å². The molecule has 1 saturated heterocycles. The van der Waals surface area contributed by atoms with Gasteiger partial charge in [0, 0.05) is 5.02 Å². The molecule has 1 aromatic rings. The molecule has 0 bridgehead atoms. The Bertz CT molecular complexity index is 660. The molecule has 1 aromatic carbocycles. The number of carbonyl (C=O) groups excluding carboxylic acids is 2. The van der Waals surface area contributed by atoms with Crippen molar-refractivity contribution in [2.24, 2.45) is 10.8 Å².